The summed E-state index contributed by atoms with van der Waals surface area (Å²) in [5, 5.41) is 0. The zero-order chi connectivity index (χ0) is 18.8. The molecular weight excluding hydrogens is 340 g/mol. The highest BCUT2D eigenvalue weighted by Gasteiger charge is 2.32. The van der Waals surface area contributed by atoms with Crippen LogP contribution in [0.15, 0.2) is 41.2 Å². The van der Waals surface area contributed by atoms with Crippen molar-refractivity contribution in [2.75, 3.05) is 36.0 Å². The second kappa shape index (κ2) is 7.72. The lowest BCUT2D eigenvalue weighted by molar-refractivity contribution is 0.0529. The maximum absolute atomic E-state index is 12.4. The number of aromatic nitrogens is 2. The van der Waals surface area contributed by atoms with Crippen molar-refractivity contribution >= 4 is 11.8 Å². The molecule has 2 aromatic rings. The zero-order valence-electron chi connectivity index (χ0n) is 16.1. The summed E-state index contributed by atoms with van der Waals surface area (Å²) in [7, 11) is 0. The summed E-state index contributed by atoms with van der Waals surface area (Å²) >= 11 is 0. The molecule has 1 unspecified atom stereocenters. The Hall–Kier alpha value is -2.34. The Labute approximate surface area is 160 Å². The van der Waals surface area contributed by atoms with Gasteiger partial charge < -0.3 is 14.5 Å². The maximum Gasteiger partial charge on any atom is 0.254 e. The molecular formula is C21H28N4O2. The van der Waals surface area contributed by atoms with E-state index < -0.39 is 0 Å². The molecule has 27 heavy (non-hydrogen) atoms. The average Bonchev–Trinajstić information content (AvgIpc) is 3.02. The first-order chi connectivity index (χ1) is 13.1. The zero-order valence-corrected chi connectivity index (χ0v) is 16.1. The van der Waals surface area contributed by atoms with Gasteiger partial charge in [-0.2, -0.15) is 4.98 Å². The first-order valence-electron chi connectivity index (χ1n) is 9.87. The van der Waals surface area contributed by atoms with Gasteiger partial charge in [0.1, 0.15) is 5.82 Å². The molecule has 1 aromatic carbocycles. The van der Waals surface area contributed by atoms with Gasteiger partial charge in [0.2, 0.25) is 5.95 Å². The molecule has 0 saturated carbocycles. The van der Waals surface area contributed by atoms with E-state index in [4.69, 9.17) is 9.72 Å². The van der Waals surface area contributed by atoms with Gasteiger partial charge in [-0.05, 0) is 31.2 Å². The molecule has 3 atom stereocenters. The largest absolute Gasteiger partial charge is 0.375 e. The van der Waals surface area contributed by atoms with Crippen molar-refractivity contribution < 1.29 is 4.74 Å². The summed E-state index contributed by atoms with van der Waals surface area (Å²) in [6, 6.07) is 12.5. The van der Waals surface area contributed by atoms with Crippen molar-refractivity contribution in [3.05, 3.63) is 52.3 Å². The highest BCUT2D eigenvalue weighted by Crippen LogP contribution is 2.29. The van der Waals surface area contributed by atoms with Crippen LogP contribution in [0.2, 0.25) is 0 Å². The Morgan fingerprint density at radius 2 is 2.04 bits per heavy atom. The number of hydrogen-bond donors (Lipinski definition) is 1. The van der Waals surface area contributed by atoms with Crippen LogP contribution >= 0.6 is 0 Å². The number of rotatable bonds is 4. The molecule has 144 valence electrons. The molecule has 0 bridgehead atoms. The topological polar surface area (TPSA) is 61.5 Å². The van der Waals surface area contributed by atoms with Crippen molar-refractivity contribution in [1.29, 1.82) is 0 Å². The first kappa shape index (κ1) is 18.0. The predicted octanol–water partition coefficient (Wildman–Crippen LogP) is 2.45. The molecule has 0 amide bonds. The number of aromatic amines is 1. The molecule has 0 spiro atoms. The number of benzene rings is 1. The summed E-state index contributed by atoms with van der Waals surface area (Å²) in [4.78, 5) is 24.6. The Balaban J connectivity index is 1.60. The number of anilines is 2. The van der Waals surface area contributed by atoms with Crippen LogP contribution in [0.25, 0.3) is 0 Å². The van der Waals surface area contributed by atoms with Crippen LogP contribution in [0.3, 0.4) is 0 Å². The molecule has 2 aliphatic rings. The van der Waals surface area contributed by atoms with Gasteiger partial charge >= 0.3 is 0 Å². The summed E-state index contributed by atoms with van der Waals surface area (Å²) < 4.78 is 5.62. The minimum Gasteiger partial charge on any atom is -0.375 e. The van der Waals surface area contributed by atoms with Crippen LogP contribution in [-0.2, 0) is 11.2 Å². The van der Waals surface area contributed by atoms with Crippen LogP contribution in [0, 0.1) is 5.92 Å². The van der Waals surface area contributed by atoms with Gasteiger partial charge in [0.05, 0.1) is 12.7 Å². The van der Waals surface area contributed by atoms with E-state index in [1.165, 1.54) is 5.56 Å². The fraction of sp³-hybridized carbons (Fsp3) is 0.524. The molecule has 1 N–H and O–H groups in total. The third kappa shape index (κ3) is 4.16. The second-order valence-electron chi connectivity index (χ2n) is 7.89. The van der Waals surface area contributed by atoms with Gasteiger partial charge in [0.15, 0.2) is 0 Å². The van der Waals surface area contributed by atoms with Crippen molar-refractivity contribution in [3.8, 4) is 0 Å². The number of morpholine rings is 1. The SMILES string of the molecule is CC1C[C@H](Cc2ccccc2)N(c2nc(N3CCO[C@H](C)C3)cc(=O)[nH]2)C1. The number of nitrogens with one attached hydrogen (secondary N) is 1. The van der Waals surface area contributed by atoms with E-state index in [1.54, 1.807) is 6.07 Å². The van der Waals surface area contributed by atoms with Crippen molar-refractivity contribution in [1.82, 2.24) is 9.97 Å². The fourth-order valence-electron chi connectivity index (χ4n) is 4.25. The molecule has 2 saturated heterocycles. The Morgan fingerprint density at radius 3 is 2.81 bits per heavy atom. The molecule has 3 heterocycles. The highest BCUT2D eigenvalue weighted by molar-refractivity contribution is 5.45. The van der Waals surface area contributed by atoms with E-state index in [1.807, 2.05) is 6.07 Å². The van der Waals surface area contributed by atoms with Gasteiger partial charge in [-0.3, -0.25) is 9.78 Å². The molecule has 6 nitrogen and oxygen atoms in total. The second-order valence-corrected chi connectivity index (χ2v) is 7.89. The lowest BCUT2D eigenvalue weighted by atomic mass is 10.0. The van der Waals surface area contributed by atoms with Gasteiger partial charge in [-0.1, -0.05) is 37.3 Å². The minimum atomic E-state index is -0.0906. The molecule has 2 fully saturated rings. The third-order valence-electron chi connectivity index (χ3n) is 5.49. The Morgan fingerprint density at radius 1 is 1.22 bits per heavy atom. The van der Waals surface area contributed by atoms with Crippen molar-refractivity contribution in [2.24, 2.45) is 5.92 Å². The normalized spacial score (nSPS) is 25.8. The van der Waals surface area contributed by atoms with E-state index in [-0.39, 0.29) is 11.7 Å². The molecule has 1 aromatic heterocycles. The fourth-order valence-corrected chi connectivity index (χ4v) is 4.25. The predicted molar refractivity (Wildman–Crippen MR) is 108 cm³/mol. The van der Waals surface area contributed by atoms with Crippen LogP contribution < -0.4 is 15.4 Å². The molecule has 6 heteroatoms. The highest BCUT2D eigenvalue weighted by atomic mass is 16.5. The van der Waals surface area contributed by atoms with E-state index >= 15 is 0 Å². The van der Waals surface area contributed by atoms with Crippen LogP contribution in [0.5, 0.6) is 0 Å². The van der Waals surface area contributed by atoms with Gasteiger partial charge in [-0.25, -0.2) is 0 Å². The summed E-state index contributed by atoms with van der Waals surface area (Å²) in [6.07, 6.45) is 2.23. The van der Waals surface area contributed by atoms with Crippen molar-refractivity contribution in [3.63, 3.8) is 0 Å². The monoisotopic (exact) mass is 368 g/mol. The molecule has 4 rings (SSSR count). The third-order valence-corrected chi connectivity index (χ3v) is 5.49. The molecule has 0 radical (unpaired) electrons. The van der Waals surface area contributed by atoms with Gasteiger partial charge in [0, 0.05) is 31.7 Å². The Kier molecular flexibility index (Phi) is 5.16. The summed E-state index contributed by atoms with van der Waals surface area (Å²) in [5.41, 5.74) is 1.23. The van der Waals surface area contributed by atoms with Crippen LogP contribution in [0.1, 0.15) is 25.8 Å². The summed E-state index contributed by atoms with van der Waals surface area (Å²) in [6.45, 7) is 7.44. The summed E-state index contributed by atoms with van der Waals surface area (Å²) in [5.74, 6) is 2.03. The average molecular weight is 368 g/mol. The van der Waals surface area contributed by atoms with Gasteiger partial charge in [0.25, 0.3) is 5.56 Å². The van der Waals surface area contributed by atoms with E-state index in [0.717, 1.165) is 38.3 Å². The number of nitrogens with zero attached hydrogens (tertiary/aromatic N) is 3. The smallest absolute Gasteiger partial charge is 0.254 e. The lowest BCUT2D eigenvalue weighted by Gasteiger charge is -2.33. The van der Waals surface area contributed by atoms with Crippen LogP contribution in [-0.4, -0.2) is 48.4 Å². The van der Waals surface area contributed by atoms with Crippen LogP contribution in [0.4, 0.5) is 11.8 Å². The standard InChI is InChI=1S/C21H28N4O2/c1-15-10-18(11-17-6-4-3-5-7-17)25(13-15)21-22-19(12-20(26)23-21)24-8-9-27-16(2)14-24/h3-7,12,15-16,18H,8-11,13-14H2,1-2H3,(H,22,23,26)/t15?,16-,18-/m1/s1. The quantitative estimate of drug-likeness (QED) is 0.898. The van der Waals surface area contributed by atoms with E-state index in [9.17, 15) is 4.79 Å². The van der Waals surface area contributed by atoms with E-state index in [2.05, 4.69) is 52.9 Å². The maximum atomic E-state index is 12.4. The van der Waals surface area contributed by atoms with Crippen molar-refractivity contribution in [2.45, 2.75) is 38.8 Å². The number of hydrogen-bond acceptors (Lipinski definition) is 5. The van der Waals surface area contributed by atoms with E-state index in [0.29, 0.717) is 24.5 Å². The number of ether oxygens (including phenoxy) is 1. The van der Waals surface area contributed by atoms with Gasteiger partial charge in [-0.15, -0.1) is 0 Å². The Bertz CT molecular complexity index is 822. The lowest BCUT2D eigenvalue weighted by Crippen LogP contribution is -2.42. The first-order valence-corrected chi connectivity index (χ1v) is 9.87. The minimum absolute atomic E-state index is 0.0906. The molecule has 2 aliphatic heterocycles. The number of H-pyrrole nitrogens is 1. The molecule has 0 aliphatic carbocycles.